The van der Waals surface area contributed by atoms with E-state index < -0.39 is 12.0 Å². The van der Waals surface area contributed by atoms with Crippen molar-refractivity contribution in [1.29, 1.82) is 0 Å². The Morgan fingerprint density at radius 2 is 1.89 bits per heavy atom. The van der Waals surface area contributed by atoms with Crippen molar-refractivity contribution in [3.8, 4) is 0 Å². The summed E-state index contributed by atoms with van der Waals surface area (Å²) in [5.41, 5.74) is 1.68. The van der Waals surface area contributed by atoms with Crippen LogP contribution in [-0.2, 0) is 7.05 Å². The van der Waals surface area contributed by atoms with Crippen molar-refractivity contribution in [2.75, 3.05) is 5.32 Å². The van der Waals surface area contributed by atoms with Crippen LogP contribution in [0.1, 0.15) is 0 Å². The zero-order valence-corrected chi connectivity index (χ0v) is 9.93. The molecule has 0 fully saturated rings. The highest BCUT2D eigenvalue weighted by molar-refractivity contribution is 5.79. The first-order valence-electron chi connectivity index (χ1n) is 5.52. The van der Waals surface area contributed by atoms with Crippen LogP contribution < -0.4 is 5.32 Å². The third kappa shape index (κ3) is 2.10. The largest absolute Gasteiger partial charge is 0.313 e. The van der Waals surface area contributed by atoms with E-state index in [1.54, 1.807) is 11.6 Å². The van der Waals surface area contributed by atoms with Crippen LogP contribution >= 0.6 is 0 Å². The lowest BCUT2D eigenvalue weighted by Crippen LogP contribution is -2.03. The van der Waals surface area contributed by atoms with Crippen molar-refractivity contribution in [3.05, 3.63) is 42.4 Å². The molecule has 0 atom stereocenters. The molecular weight excluding hydrogens is 252 g/mol. The van der Waals surface area contributed by atoms with Gasteiger partial charge in [-0.1, -0.05) is 12.1 Å². The second kappa shape index (κ2) is 4.27. The van der Waals surface area contributed by atoms with Gasteiger partial charge in [0.1, 0.15) is 5.82 Å². The van der Waals surface area contributed by atoms with Gasteiger partial charge in [-0.25, -0.2) is 4.98 Å². The molecule has 96 valence electrons. The predicted molar refractivity (Wildman–Crippen MR) is 65.9 cm³/mol. The third-order valence-corrected chi connectivity index (χ3v) is 2.69. The van der Waals surface area contributed by atoms with Crippen LogP contribution in [0, 0.1) is 12.0 Å². The number of hydrogen-bond acceptors (Lipinski definition) is 4. The highest BCUT2D eigenvalue weighted by atomic mass is 19.1. The van der Waals surface area contributed by atoms with Gasteiger partial charge in [0.2, 0.25) is 11.9 Å². The molecular formula is C12H9F2N5. The Hall–Kier alpha value is -2.57. The molecule has 0 bridgehead atoms. The average Bonchev–Trinajstić information content (AvgIpc) is 2.66. The fraction of sp³-hybridized carbons (Fsp3) is 0.0833. The fourth-order valence-corrected chi connectivity index (χ4v) is 1.83. The first kappa shape index (κ1) is 11.5. The molecule has 3 aromatic rings. The lowest BCUT2D eigenvalue weighted by molar-refractivity contribution is 0.484. The van der Waals surface area contributed by atoms with Gasteiger partial charge in [0.25, 0.3) is 0 Å². The maximum atomic E-state index is 13.0. The van der Waals surface area contributed by atoms with E-state index >= 15 is 0 Å². The summed E-state index contributed by atoms with van der Waals surface area (Å²) in [5.74, 6) is -0.476. The Labute approximate surface area is 106 Å². The second-order valence-corrected chi connectivity index (χ2v) is 3.95. The number of para-hydroxylation sites is 2. The zero-order valence-electron chi connectivity index (χ0n) is 9.93. The standard InChI is InChI=1S/C12H9F2N5/c1-19-8-5-3-2-4-7(8)15-12(19)18-10-6-9(13)16-11(14)17-10/h2-6H,1H3,(H,15,16,17,18). The minimum atomic E-state index is -1.12. The molecule has 0 unspecified atom stereocenters. The number of anilines is 2. The molecule has 1 aromatic carbocycles. The lowest BCUT2D eigenvalue weighted by atomic mass is 10.3. The third-order valence-electron chi connectivity index (χ3n) is 2.69. The van der Waals surface area contributed by atoms with Crippen molar-refractivity contribution in [1.82, 2.24) is 19.5 Å². The van der Waals surface area contributed by atoms with Gasteiger partial charge in [-0.3, -0.25) is 0 Å². The number of benzene rings is 1. The number of imidazole rings is 1. The van der Waals surface area contributed by atoms with Crippen LogP contribution in [-0.4, -0.2) is 19.5 Å². The second-order valence-electron chi connectivity index (χ2n) is 3.95. The van der Waals surface area contributed by atoms with Crippen molar-refractivity contribution in [2.24, 2.45) is 7.05 Å². The number of aromatic nitrogens is 4. The molecule has 0 saturated heterocycles. The molecule has 19 heavy (non-hydrogen) atoms. The Balaban J connectivity index is 2.03. The van der Waals surface area contributed by atoms with Crippen LogP contribution in [0.15, 0.2) is 30.3 Å². The highest BCUT2D eigenvalue weighted by Crippen LogP contribution is 2.20. The van der Waals surface area contributed by atoms with Crippen LogP contribution in [0.25, 0.3) is 11.0 Å². The first-order valence-corrected chi connectivity index (χ1v) is 5.52. The fourth-order valence-electron chi connectivity index (χ4n) is 1.83. The Kier molecular flexibility index (Phi) is 2.59. The van der Waals surface area contributed by atoms with Crippen molar-refractivity contribution < 1.29 is 8.78 Å². The van der Waals surface area contributed by atoms with E-state index in [2.05, 4.69) is 20.3 Å². The van der Waals surface area contributed by atoms with Crippen LogP contribution in [0.2, 0.25) is 0 Å². The predicted octanol–water partition coefficient (Wildman–Crippen LogP) is 2.39. The molecule has 5 nitrogen and oxygen atoms in total. The smallest absolute Gasteiger partial charge is 0.313 e. The minimum Gasteiger partial charge on any atom is -0.313 e. The van der Waals surface area contributed by atoms with Crippen LogP contribution in [0.4, 0.5) is 20.5 Å². The summed E-state index contributed by atoms with van der Waals surface area (Å²) in [7, 11) is 1.80. The van der Waals surface area contributed by atoms with E-state index in [0.29, 0.717) is 5.95 Å². The Morgan fingerprint density at radius 1 is 1.11 bits per heavy atom. The molecule has 0 aliphatic carbocycles. The van der Waals surface area contributed by atoms with Crippen LogP contribution in [0.5, 0.6) is 0 Å². The Morgan fingerprint density at radius 3 is 2.63 bits per heavy atom. The normalized spacial score (nSPS) is 10.9. The first-order chi connectivity index (χ1) is 9.13. The van der Waals surface area contributed by atoms with E-state index in [4.69, 9.17) is 0 Å². The van der Waals surface area contributed by atoms with Gasteiger partial charge < -0.3 is 9.88 Å². The molecule has 2 heterocycles. The molecule has 3 rings (SSSR count). The quantitative estimate of drug-likeness (QED) is 0.568. The van der Waals surface area contributed by atoms with E-state index in [1.807, 2.05) is 24.3 Å². The summed E-state index contributed by atoms with van der Waals surface area (Å²) in [6.07, 6.45) is -1.12. The van der Waals surface area contributed by atoms with E-state index in [-0.39, 0.29) is 5.82 Å². The van der Waals surface area contributed by atoms with Gasteiger partial charge in [-0.2, -0.15) is 18.7 Å². The number of nitrogens with one attached hydrogen (secondary N) is 1. The molecule has 0 amide bonds. The number of aryl methyl sites for hydroxylation is 1. The van der Waals surface area contributed by atoms with E-state index in [1.165, 1.54) is 0 Å². The van der Waals surface area contributed by atoms with Gasteiger partial charge >= 0.3 is 6.08 Å². The van der Waals surface area contributed by atoms with Crippen LogP contribution in [0.3, 0.4) is 0 Å². The monoisotopic (exact) mass is 261 g/mol. The van der Waals surface area contributed by atoms with Crippen molar-refractivity contribution >= 4 is 22.8 Å². The summed E-state index contributed by atoms with van der Waals surface area (Å²) >= 11 is 0. The maximum Gasteiger partial charge on any atom is 0.313 e. The van der Waals surface area contributed by atoms with E-state index in [9.17, 15) is 8.78 Å². The average molecular weight is 261 g/mol. The summed E-state index contributed by atoms with van der Waals surface area (Å²) in [6.45, 7) is 0. The van der Waals surface area contributed by atoms with E-state index in [0.717, 1.165) is 17.1 Å². The summed E-state index contributed by atoms with van der Waals surface area (Å²) < 4.78 is 27.7. The lowest BCUT2D eigenvalue weighted by Gasteiger charge is -2.05. The summed E-state index contributed by atoms with van der Waals surface area (Å²) in [6, 6.07) is 8.50. The molecule has 0 aliphatic heterocycles. The molecule has 0 saturated carbocycles. The molecule has 1 N–H and O–H groups in total. The number of hydrogen-bond donors (Lipinski definition) is 1. The Bertz CT molecular complexity index is 733. The SMILES string of the molecule is Cn1c(Nc2cc(F)nc(F)n2)nc2ccccc21. The van der Waals surface area contributed by atoms with Gasteiger partial charge in [0, 0.05) is 13.1 Å². The number of nitrogens with zero attached hydrogens (tertiary/aromatic N) is 4. The van der Waals surface area contributed by atoms with Gasteiger partial charge in [0.05, 0.1) is 11.0 Å². The molecule has 0 spiro atoms. The van der Waals surface area contributed by atoms with Crippen molar-refractivity contribution in [3.63, 3.8) is 0 Å². The zero-order chi connectivity index (χ0) is 13.4. The topological polar surface area (TPSA) is 55.6 Å². The number of rotatable bonds is 2. The number of halogens is 2. The maximum absolute atomic E-state index is 13.0. The van der Waals surface area contributed by atoms with Gasteiger partial charge in [0.15, 0.2) is 0 Å². The summed E-state index contributed by atoms with van der Waals surface area (Å²) in [4.78, 5) is 10.7. The van der Waals surface area contributed by atoms with Crippen molar-refractivity contribution in [2.45, 2.75) is 0 Å². The molecule has 0 radical (unpaired) electrons. The van der Waals surface area contributed by atoms with Gasteiger partial charge in [-0.15, -0.1) is 0 Å². The minimum absolute atomic E-state index is 0.0170. The summed E-state index contributed by atoms with van der Waals surface area (Å²) in [5, 5.41) is 2.76. The molecule has 7 heteroatoms. The number of fused-ring (bicyclic) bond motifs is 1. The van der Waals surface area contributed by atoms with Gasteiger partial charge in [-0.05, 0) is 12.1 Å². The molecule has 0 aliphatic rings. The highest BCUT2D eigenvalue weighted by Gasteiger charge is 2.09. The molecule has 2 aromatic heterocycles.